The molecule has 2 saturated heterocycles. The Kier molecular flexibility index (Phi) is 4.76. The lowest BCUT2D eigenvalue weighted by Gasteiger charge is -2.34. The van der Waals surface area contributed by atoms with E-state index in [1.807, 2.05) is 0 Å². The molecule has 2 aliphatic rings. The average molecular weight is 242 g/mol. The molecule has 2 fully saturated rings. The number of rotatable bonds is 4. The molecule has 98 valence electrons. The third-order valence-corrected chi connectivity index (χ3v) is 3.69. The lowest BCUT2D eigenvalue weighted by molar-refractivity contribution is -0.141. The van der Waals surface area contributed by atoms with Gasteiger partial charge in [-0.05, 0) is 31.8 Å². The number of amides is 1. The van der Waals surface area contributed by atoms with Crippen LogP contribution >= 0.6 is 0 Å². The fourth-order valence-corrected chi connectivity index (χ4v) is 2.57. The molecule has 1 amide bonds. The monoisotopic (exact) mass is 242 g/mol. The molecule has 0 bridgehead atoms. The molecule has 2 atom stereocenters. The van der Waals surface area contributed by atoms with Gasteiger partial charge in [0.05, 0.1) is 25.9 Å². The molecule has 17 heavy (non-hydrogen) atoms. The Morgan fingerprint density at radius 2 is 2.41 bits per heavy atom. The molecule has 2 aliphatic heterocycles. The van der Waals surface area contributed by atoms with E-state index in [4.69, 9.17) is 4.74 Å². The molecule has 0 saturated carbocycles. The molecule has 2 N–H and O–H groups in total. The van der Waals surface area contributed by atoms with E-state index in [2.05, 4.69) is 5.32 Å². The standard InChI is InChI=1S/C12H22N2O3/c15-8-11-9-17-6-5-14(11)12(16)2-1-10-3-4-13-7-10/h10-11,13,15H,1-9H2. The maximum Gasteiger partial charge on any atom is 0.223 e. The van der Waals surface area contributed by atoms with E-state index in [-0.39, 0.29) is 18.6 Å². The zero-order valence-electron chi connectivity index (χ0n) is 10.2. The van der Waals surface area contributed by atoms with Gasteiger partial charge in [0.1, 0.15) is 0 Å². The summed E-state index contributed by atoms with van der Waals surface area (Å²) in [6.45, 7) is 3.79. The Morgan fingerprint density at radius 3 is 3.12 bits per heavy atom. The van der Waals surface area contributed by atoms with Gasteiger partial charge in [-0.25, -0.2) is 0 Å². The summed E-state index contributed by atoms with van der Waals surface area (Å²) in [4.78, 5) is 13.8. The summed E-state index contributed by atoms with van der Waals surface area (Å²) >= 11 is 0. The summed E-state index contributed by atoms with van der Waals surface area (Å²) in [5.41, 5.74) is 0. The number of ether oxygens (including phenoxy) is 1. The van der Waals surface area contributed by atoms with Crippen LogP contribution in [0.2, 0.25) is 0 Å². The number of hydrogen-bond donors (Lipinski definition) is 2. The van der Waals surface area contributed by atoms with Crippen molar-refractivity contribution in [3.05, 3.63) is 0 Å². The van der Waals surface area contributed by atoms with Crippen molar-refractivity contribution in [1.82, 2.24) is 10.2 Å². The van der Waals surface area contributed by atoms with E-state index in [0.717, 1.165) is 19.5 Å². The summed E-state index contributed by atoms with van der Waals surface area (Å²) < 4.78 is 5.27. The SMILES string of the molecule is O=C(CCC1CCNC1)N1CCOCC1CO. The molecule has 0 aromatic rings. The van der Waals surface area contributed by atoms with Crippen LogP contribution in [0.5, 0.6) is 0 Å². The number of hydrogen-bond acceptors (Lipinski definition) is 4. The maximum atomic E-state index is 12.1. The number of carbonyl (C=O) groups excluding carboxylic acids is 1. The minimum absolute atomic E-state index is 0.00325. The van der Waals surface area contributed by atoms with Gasteiger partial charge >= 0.3 is 0 Å². The van der Waals surface area contributed by atoms with Gasteiger partial charge in [-0.1, -0.05) is 0 Å². The predicted octanol–water partition coefficient (Wildman–Crippen LogP) is -0.404. The second-order valence-corrected chi connectivity index (χ2v) is 4.90. The van der Waals surface area contributed by atoms with Crippen molar-refractivity contribution in [3.8, 4) is 0 Å². The van der Waals surface area contributed by atoms with Crippen molar-refractivity contribution in [1.29, 1.82) is 0 Å². The highest BCUT2D eigenvalue weighted by Crippen LogP contribution is 2.16. The van der Waals surface area contributed by atoms with Gasteiger partial charge in [-0.2, -0.15) is 0 Å². The minimum Gasteiger partial charge on any atom is -0.394 e. The van der Waals surface area contributed by atoms with Crippen LogP contribution < -0.4 is 5.32 Å². The Labute approximate surface area is 102 Å². The molecule has 5 nitrogen and oxygen atoms in total. The molecule has 0 aliphatic carbocycles. The second-order valence-electron chi connectivity index (χ2n) is 4.90. The second kappa shape index (κ2) is 6.33. The van der Waals surface area contributed by atoms with Crippen LogP contribution in [0.25, 0.3) is 0 Å². The van der Waals surface area contributed by atoms with Crippen LogP contribution in [0, 0.1) is 5.92 Å². The van der Waals surface area contributed by atoms with Crippen LogP contribution in [-0.4, -0.2) is 61.4 Å². The molecule has 0 aromatic carbocycles. The van der Waals surface area contributed by atoms with Gasteiger partial charge in [-0.3, -0.25) is 4.79 Å². The van der Waals surface area contributed by atoms with E-state index < -0.39 is 0 Å². The van der Waals surface area contributed by atoms with E-state index in [1.165, 1.54) is 6.42 Å². The number of carbonyl (C=O) groups is 1. The van der Waals surface area contributed by atoms with E-state index in [1.54, 1.807) is 4.90 Å². The first kappa shape index (κ1) is 12.8. The van der Waals surface area contributed by atoms with Crippen molar-refractivity contribution in [2.24, 2.45) is 5.92 Å². The van der Waals surface area contributed by atoms with Crippen molar-refractivity contribution in [2.45, 2.75) is 25.3 Å². The third-order valence-electron chi connectivity index (χ3n) is 3.69. The smallest absolute Gasteiger partial charge is 0.223 e. The highest BCUT2D eigenvalue weighted by atomic mass is 16.5. The highest BCUT2D eigenvalue weighted by molar-refractivity contribution is 5.76. The number of nitrogens with one attached hydrogen (secondary N) is 1. The summed E-state index contributed by atoms with van der Waals surface area (Å²) in [5.74, 6) is 0.812. The number of aliphatic hydroxyl groups excluding tert-OH is 1. The Balaban J connectivity index is 1.76. The first-order chi connectivity index (χ1) is 8.31. The fourth-order valence-electron chi connectivity index (χ4n) is 2.57. The van der Waals surface area contributed by atoms with E-state index >= 15 is 0 Å². The molecule has 2 rings (SSSR count). The summed E-state index contributed by atoms with van der Waals surface area (Å²) in [5, 5.41) is 12.5. The van der Waals surface area contributed by atoms with Gasteiger partial charge in [0, 0.05) is 13.0 Å². The molecule has 0 spiro atoms. The maximum absolute atomic E-state index is 12.1. The van der Waals surface area contributed by atoms with Gasteiger partial charge in [0.2, 0.25) is 5.91 Å². The largest absolute Gasteiger partial charge is 0.394 e. The topological polar surface area (TPSA) is 61.8 Å². The lowest BCUT2D eigenvalue weighted by Crippen LogP contribution is -2.50. The van der Waals surface area contributed by atoms with Crippen LogP contribution in [0.3, 0.4) is 0 Å². The molecule has 0 aromatic heterocycles. The Hall–Kier alpha value is -0.650. The van der Waals surface area contributed by atoms with Gasteiger partial charge < -0.3 is 20.1 Å². The Morgan fingerprint density at radius 1 is 1.53 bits per heavy atom. The summed E-state index contributed by atoms with van der Waals surface area (Å²) in [6, 6.07) is -0.141. The van der Waals surface area contributed by atoms with Crippen molar-refractivity contribution in [3.63, 3.8) is 0 Å². The molecule has 2 unspecified atom stereocenters. The fraction of sp³-hybridized carbons (Fsp3) is 0.917. The van der Waals surface area contributed by atoms with Gasteiger partial charge in [0.15, 0.2) is 0 Å². The summed E-state index contributed by atoms with van der Waals surface area (Å²) in [6.07, 6.45) is 2.74. The number of nitrogens with zero attached hydrogens (tertiary/aromatic N) is 1. The Bertz CT molecular complexity index is 254. The number of aliphatic hydroxyl groups is 1. The summed E-state index contributed by atoms with van der Waals surface area (Å²) in [7, 11) is 0. The van der Waals surface area contributed by atoms with Crippen LogP contribution in [-0.2, 0) is 9.53 Å². The zero-order valence-corrected chi connectivity index (χ0v) is 10.2. The molecule has 0 radical (unpaired) electrons. The molecule has 2 heterocycles. The zero-order chi connectivity index (χ0) is 12.1. The first-order valence-electron chi connectivity index (χ1n) is 6.50. The average Bonchev–Trinajstić information content (AvgIpc) is 2.89. The van der Waals surface area contributed by atoms with E-state index in [9.17, 15) is 9.90 Å². The van der Waals surface area contributed by atoms with Crippen molar-refractivity contribution < 1.29 is 14.6 Å². The quantitative estimate of drug-likeness (QED) is 0.704. The molecular weight excluding hydrogens is 220 g/mol. The van der Waals surface area contributed by atoms with Crippen LogP contribution in [0.15, 0.2) is 0 Å². The van der Waals surface area contributed by atoms with Crippen LogP contribution in [0.1, 0.15) is 19.3 Å². The first-order valence-corrected chi connectivity index (χ1v) is 6.50. The minimum atomic E-state index is -0.141. The van der Waals surface area contributed by atoms with Crippen molar-refractivity contribution in [2.75, 3.05) is 39.5 Å². The molecule has 5 heteroatoms. The lowest BCUT2D eigenvalue weighted by atomic mass is 10.0. The number of morpholine rings is 1. The van der Waals surface area contributed by atoms with Gasteiger partial charge in [0.25, 0.3) is 0 Å². The van der Waals surface area contributed by atoms with Gasteiger partial charge in [-0.15, -0.1) is 0 Å². The third kappa shape index (κ3) is 3.40. The predicted molar refractivity (Wildman–Crippen MR) is 63.6 cm³/mol. The normalized spacial score (nSPS) is 29.6. The van der Waals surface area contributed by atoms with Crippen LogP contribution in [0.4, 0.5) is 0 Å². The van der Waals surface area contributed by atoms with Crippen molar-refractivity contribution >= 4 is 5.91 Å². The highest BCUT2D eigenvalue weighted by Gasteiger charge is 2.27. The molecular formula is C12H22N2O3. The van der Waals surface area contributed by atoms with E-state index in [0.29, 0.717) is 32.1 Å².